The van der Waals surface area contributed by atoms with Gasteiger partial charge in [0.25, 0.3) is 0 Å². The van der Waals surface area contributed by atoms with E-state index in [1.807, 2.05) is 0 Å². The number of nitrogens with zero attached hydrogens (tertiary/aromatic N) is 1. The van der Waals surface area contributed by atoms with Crippen LogP contribution < -0.4 is 5.09 Å². The van der Waals surface area contributed by atoms with E-state index in [4.69, 9.17) is 0 Å². The lowest BCUT2D eigenvalue weighted by molar-refractivity contribution is 0.238. The van der Waals surface area contributed by atoms with Crippen molar-refractivity contribution in [1.29, 1.82) is 0 Å². The fourth-order valence-corrected chi connectivity index (χ4v) is 3.16. The summed E-state index contributed by atoms with van der Waals surface area (Å²) in [7, 11) is 5.53. The molecule has 0 saturated carbocycles. The van der Waals surface area contributed by atoms with Crippen molar-refractivity contribution >= 4 is 18.8 Å². The molecule has 0 aromatic heterocycles. The summed E-state index contributed by atoms with van der Waals surface area (Å²) in [5.41, 5.74) is 0. The Hall–Kier alpha value is 0.780. The Morgan fingerprint density at radius 2 is 1.73 bits per heavy atom. The van der Waals surface area contributed by atoms with Crippen LogP contribution in [0.4, 0.5) is 0 Å². The molecule has 4 atom stereocenters. The van der Waals surface area contributed by atoms with Crippen LogP contribution in [0.2, 0.25) is 0 Å². The van der Waals surface area contributed by atoms with E-state index in [0.29, 0.717) is 0 Å². The topological polar surface area (TPSA) is 15.3 Å². The monoisotopic (exact) mass is 190 g/mol. The average Bonchev–Trinajstić information content (AvgIpc) is 2.26. The molecule has 11 heavy (non-hydrogen) atoms. The first-order valence-electron chi connectivity index (χ1n) is 4.30. The molecule has 0 amide bonds. The van der Waals surface area contributed by atoms with Crippen molar-refractivity contribution in [3.05, 3.63) is 0 Å². The summed E-state index contributed by atoms with van der Waals surface area (Å²) in [4.78, 5) is 0. The van der Waals surface area contributed by atoms with E-state index >= 15 is 0 Å². The predicted molar refractivity (Wildman–Crippen MR) is 54.2 cm³/mol. The predicted octanol–water partition coefficient (Wildman–Crippen LogP) is 1.15. The van der Waals surface area contributed by atoms with Gasteiger partial charge in [-0.25, -0.2) is 0 Å². The summed E-state index contributed by atoms with van der Waals surface area (Å²) in [6.07, 6.45) is 5.45. The molecule has 2 nitrogen and oxygen atoms in total. The first kappa shape index (κ1) is 8.38. The standard InChI is InChI=1S/C7H16N2P2/c10-8-5-3-6-1-2-7(4-5)9(6)11/h5-8H,1-4,10-11H2. The van der Waals surface area contributed by atoms with Crippen LogP contribution in [0.3, 0.4) is 0 Å². The van der Waals surface area contributed by atoms with Crippen molar-refractivity contribution in [1.82, 2.24) is 9.76 Å². The molecule has 2 aliphatic rings. The third-order valence-corrected chi connectivity index (χ3v) is 4.34. The highest BCUT2D eigenvalue weighted by Gasteiger charge is 2.37. The second-order valence-electron chi connectivity index (χ2n) is 3.67. The van der Waals surface area contributed by atoms with E-state index in [2.05, 4.69) is 28.5 Å². The van der Waals surface area contributed by atoms with Crippen LogP contribution in [0.5, 0.6) is 0 Å². The number of hydrogen-bond acceptors (Lipinski definition) is 2. The van der Waals surface area contributed by atoms with Gasteiger partial charge >= 0.3 is 0 Å². The van der Waals surface area contributed by atoms with E-state index in [1.54, 1.807) is 0 Å². The zero-order chi connectivity index (χ0) is 7.84. The molecule has 2 saturated heterocycles. The van der Waals surface area contributed by atoms with Crippen LogP contribution in [0.25, 0.3) is 0 Å². The fraction of sp³-hybridized carbons (Fsp3) is 1.00. The molecule has 2 rings (SSSR count). The molecule has 64 valence electrons. The molecule has 4 unspecified atom stereocenters. The van der Waals surface area contributed by atoms with Crippen LogP contribution in [0, 0.1) is 0 Å². The van der Waals surface area contributed by atoms with Gasteiger partial charge in [0.2, 0.25) is 0 Å². The fourth-order valence-electron chi connectivity index (χ4n) is 2.35. The minimum absolute atomic E-state index is 0.745. The maximum atomic E-state index is 3.31. The number of fused-ring (bicyclic) bond motifs is 2. The smallest absolute Gasteiger partial charge is 0.0148 e. The van der Waals surface area contributed by atoms with Crippen LogP contribution >= 0.6 is 18.8 Å². The molecule has 2 fully saturated rings. The highest BCUT2D eigenvalue weighted by atomic mass is 31.0. The summed E-state index contributed by atoms with van der Waals surface area (Å²) in [6.45, 7) is 0. The minimum atomic E-state index is 0.745. The SMILES string of the molecule is PNC1CC2CCC(C1)N2P. The number of nitrogens with one attached hydrogen (secondary N) is 1. The molecule has 0 aliphatic carbocycles. The Bertz CT molecular complexity index is 139. The molecule has 4 heteroatoms. The molecular weight excluding hydrogens is 174 g/mol. The normalized spacial score (nSPS) is 44.7. The lowest BCUT2D eigenvalue weighted by atomic mass is 10.0. The minimum Gasteiger partial charge on any atom is -0.298 e. The summed E-state index contributed by atoms with van der Waals surface area (Å²) in [6, 6.07) is 2.41. The maximum absolute atomic E-state index is 3.31. The number of piperidine rings is 1. The van der Waals surface area contributed by atoms with Crippen molar-refractivity contribution in [3.8, 4) is 0 Å². The molecule has 0 aromatic carbocycles. The first-order chi connectivity index (χ1) is 5.31. The van der Waals surface area contributed by atoms with Crippen molar-refractivity contribution in [2.75, 3.05) is 0 Å². The second kappa shape index (κ2) is 3.26. The van der Waals surface area contributed by atoms with Gasteiger partial charge in [0.05, 0.1) is 0 Å². The Labute approximate surface area is 73.0 Å². The van der Waals surface area contributed by atoms with Crippen LogP contribution in [-0.2, 0) is 0 Å². The summed E-state index contributed by atoms with van der Waals surface area (Å²) < 4.78 is 2.48. The zero-order valence-corrected chi connectivity index (χ0v) is 8.97. The lowest BCUT2D eigenvalue weighted by Gasteiger charge is -2.35. The lowest BCUT2D eigenvalue weighted by Crippen LogP contribution is -2.42. The molecule has 0 radical (unpaired) electrons. The van der Waals surface area contributed by atoms with E-state index in [1.165, 1.54) is 25.7 Å². The molecule has 2 bridgehead atoms. The molecule has 0 aromatic rings. The van der Waals surface area contributed by atoms with E-state index in [9.17, 15) is 0 Å². The largest absolute Gasteiger partial charge is 0.298 e. The Kier molecular flexibility index (Phi) is 2.49. The summed E-state index contributed by atoms with van der Waals surface area (Å²) in [5.74, 6) is 0. The third-order valence-electron chi connectivity index (χ3n) is 3.03. The average molecular weight is 190 g/mol. The van der Waals surface area contributed by atoms with Crippen LogP contribution in [0.1, 0.15) is 25.7 Å². The Morgan fingerprint density at radius 3 is 2.18 bits per heavy atom. The van der Waals surface area contributed by atoms with Gasteiger partial charge in [0.15, 0.2) is 0 Å². The van der Waals surface area contributed by atoms with E-state index in [-0.39, 0.29) is 0 Å². The molecule has 0 spiro atoms. The molecule has 2 aliphatic heterocycles. The van der Waals surface area contributed by atoms with Gasteiger partial charge in [-0.3, -0.25) is 9.76 Å². The molecule has 1 N–H and O–H groups in total. The van der Waals surface area contributed by atoms with E-state index in [0.717, 1.165) is 18.1 Å². The van der Waals surface area contributed by atoms with Gasteiger partial charge < -0.3 is 0 Å². The summed E-state index contributed by atoms with van der Waals surface area (Å²) >= 11 is 0. The van der Waals surface area contributed by atoms with Gasteiger partial charge in [-0.1, -0.05) is 18.8 Å². The summed E-state index contributed by atoms with van der Waals surface area (Å²) in [5, 5.41) is 3.31. The van der Waals surface area contributed by atoms with Crippen molar-refractivity contribution in [3.63, 3.8) is 0 Å². The zero-order valence-electron chi connectivity index (χ0n) is 6.66. The van der Waals surface area contributed by atoms with Crippen molar-refractivity contribution in [2.24, 2.45) is 0 Å². The number of hydrogen-bond donors (Lipinski definition) is 1. The highest BCUT2D eigenvalue weighted by Crippen LogP contribution is 2.38. The molecule has 2 heterocycles. The van der Waals surface area contributed by atoms with Gasteiger partial charge in [-0.05, 0) is 25.7 Å². The first-order valence-corrected chi connectivity index (χ1v) is 5.40. The quantitative estimate of drug-likeness (QED) is 0.624. The van der Waals surface area contributed by atoms with Gasteiger partial charge in [-0.2, -0.15) is 0 Å². The second-order valence-corrected chi connectivity index (χ2v) is 4.60. The van der Waals surface area contributed by atoms with Crippen LogP contribution in [-0.4, -0.2) is 22.8 Å². The maximum Gasteiger partial charge on any atom is 0.0148 e. The Balaban J connectivity index is 2.02. The third kappa shape index (κ3) is 1.47. The molecular formula is C7H16N2P2. The van der Waals surface area contributed by atoms with E-state index < -0.39 is 0 Å². The Morgan fingerprint density at radius 1 is 1.18 bits per heavy atom. The van der Waals surface area contributed by atoms with Gasteiger partial charge in [0.1, 0.15) is 0 Å². The van der Waals surface area contributed by atoms with Crippen LogP contribution in [0.15, 0.2) is 0 Å². The van der Waals surface area contributed by atoms with Crippen molar-refractivity contribution < 1.29 is 0 Å². The highest BCUT2D eigenvalue weighted by molar-refractivity contribution is 7.13. The van der Waals surface area contributed by atoms with Gasteiger partial charge in [0, 0.05) is 18.1 Å². The van der Waals surface area contributed by atoms with Crippen molar-refractivity contribution in [2.45, 2.75) is 43.8 Å². The number of rotatable bonds is 1. The van der Waals surface area contributed by atoms with Gasteiger partial charge in [-0.15, -0.1) is 0 Å².